The molecular weight excluding hydrogens is 218 g/mol. The van der Waals surface area contributed by atoms with Crippen molar-refractivity contribution in [2.45, 2.75) is 44.6 Å². The van der Waals surface area contributed by atoms with E-state index in [9.17, 15) is 0 Å². The molecule has 1 atom stereocenters. The minimum Gasteiger partial charge on any atom is -0.327 e. The van der Waals surface area contributed by atoms with Crippen LogP contribution in [0.2, 0.25) is 0 Å². The second-order valence-electron chi connectivity index (χ2n) is 4.75. The van der Waals surface area contributed by atoms with Crippen LogP contribution in [0.1, 0.15) is 37.7 Å². The van der Waals surface area contributed by atoms with Crippen LogP contribution in [-0.2, 0) is 6.42 Å². The van der Waals surface area contributed by atoms with E-state index in [0.29, 0.717) is 6.04 Å². The molecule has 0 saturated heterocycles. The molecule has 90 valence electrons. The highest BCUT2D eigenvalue weighted by atomic mass is 35.5. The largest absolute Gasteiger partial charge is 0.327 e. The summed E-state index contributed by atoms with van der Waals surface area (Å²) >= 11 is 0. The van der Waals surface area contributed by atoms with Gasteiger partial charge in [0, 0.05) is 6.04 Å². The molecule has 16 heavy (non-hydrogen) atoms. The first kappa shape index (κ1) is 13.5. The Labute approximate surface area is 105 Å². The Kier molecular flexibility index (Phi) is 5.86. The molecule has 1 aromatic carbocycles. The van der Waals surface area contributed by atoms with Crippen LogP contribution in [0.4, 0.5) is 0 Å². The fourth-order valence-corrected chi connectivity index (χ4v) is 2.62. The Balaban J connectivity index is 0.00000128. The second kappa shape index (κ2) is 6.93. The normalized spacial score (nSPS) is 18.8. The van der Waals surface area contributed by atoms with Crippen molar-refractivity contribution in [3.05, 3.63) is 35.9 Å². The molecule has 0 radical (unpaired) electrons. The van der Waals surface area contributed by atoms with E-state index in [0.717, 1.165) is 12.3 Å². The van der Waals surface area contributed by atoms with Gasteiger partial charge in [0.1, 0.15) is 0 Å². The quantitative estimate of drug-likeness (QED) is 0.858. The Morgan fingerprint density at radius 3 is 2.31 bits per heavy atom. The van der Waals surface area contributed by atoms with Crippen LogP contribution in [-0.4, -0.2) is 6.04 Å². The van der Waals surface area contributed by atoms with Crippen LogP contribution in [0.5, 0.6) is 0 Å². The van der Waals surface area contributed by atoms with E-state index in [4.69, 9.17) is 5.73 Å². The van der Waals surface area contributed by atoms with E-state index >= 15 is 0 Å². The molecule has 0 spiro atoms. The molecular formula is C14H22ClN. The maximum atomic E-state index is 6.28. The van der Waals surface area contributed by atoms with Crippen molar-refractivity contribution < 1.29 is 0 Å². The maximum Gasteiger partial charge on any atom is 0.0108 e. The average Bonchev–Trinajstić information content (AvgIpc) is 2.31. The molecule has 1 aliphatic carbocycles. The number of rotatable bonds is 3. The smallest absolute Gasteiger partial charge is 0.0108 e. The fraction of sp³-hybridized carbons (Fsp3) is 0.571. The molecule has 1 unspecified atom stereocenters. The molecule has 1 nitrogen and oxygen atoms in total. The van der Waals surface area contributed by atoms with Crippen molar-refractivity contribution in [1.82, 2.24) is 0 Å². The summed E-state index contributed by atoms with van der Waals surface area (Å²) in [5.74, 6) is 0.763. The number of nitrogens with two attached hydrogens (primary N) is 1. The molecule has 1 aromatic rings. The van der Waals surface area contributed by atoms with Crippen LogP contribution in [0.15, 0.2) is 30.3 Å². The SMILES string of the molecule is Cl.NC(Cc1ccccc1)C1CCCCC1. The molecule has 0 amide bonds. The molecule has 2 rings (SSSR count). The lowest BCUT2D eigenvalue weighted by Crippen LogP contribution is -2.33. The molecule has 2 heteroatoms. The predicted molar refractivity (Wildman–Crippen MR) is 71.9 cm³/mol. The standard InChI is InChI=1S/C14H21N.ClH/c15-14(13-9-5-2-6-10-13)11-12-7-3-1-4-8-12;/h1,3-4,7-8,13-14H,2,5-6,9-11,15H2;1H. The zero-order chi connectivity index (χ0) is 10.5. The van der Waals surface area contributed by atoms with E-state index in [-0.39, 0.29) is 12.4 Å². The summed E-state index contributed by atoms with van der Waals surface area (Å²) in [4.78, 5) is 0. The van der Waals surface area contributed by atoms with E-state index in [1.165, 1.54) is 37.7 Å². The highest BCUT2D eigenvalue weighted by Gasteiger charge is 2.20. The average molecular weight is 240 g/mol. The Morgan fingerprint density at radius 1 is 1.06 bits per heavy atom. The van der Waals surface area contributed by atoms with E-state index in [1.807, 2.05) is 0 Å². The lowest BCUT2D eigenvalue weighted by atomic mass is 9.82. The number of halogens is 1. The van der Waals surface area contributed by atoms with Gasteiger partial charge in [-0.2, -0.15) is 0 Å². The van der Waals surface area contributed by atoms with Gasteiger partial charge in [-0.3, -0.25) is 0 Å². The zero-order valence-corrected chi connectivity index (χ0v) is 10.6. The van der Waals surface area contributed by atoms with Crippen LogP contribution < -0.4 is 5.73 Å². The van der Waals surface area contributed by atoms with Crippen molar-refractivity contribution >= 4 is 12.4 Å². The summed E-state index contributed by atoms with van der Waals surface area (Å²) in [7, 11) is 0. The third kappa shape index (κ3) is 3.80. The van der Waals surface area contributed by atoms with Crippen LogP contribution in [0, 0.1) is 5.92 Å². The fourth-order valence-electron chi connectivity index (χ4n) is 2.62. The van der Waals surface area contributed by atoms with Crippen LogP contribution >= 0.6 is 12.4 Å². The summed E-state index contributed by atoms with van der Waals surface area (Å²) in [6.45, 7) is 0. The van der Waals surface area contributed by atoms with Gasteiger partial charge in [0.15, 0.2) is 0 Å². The van der Waals surface area contributed by atoms with Gasteiger partial charge in [-0.1, -0.05) is 49.6 Å². The summed E-state index contributed by atoms with van der Waals surface area (Å²) in [6, 6.07) is 11.0. The second-order valence-corrected chi connectivity index (χ2v) is 4.75. The van der Waals surface area contributed by atoms with Gasteiger partial charge in [-0.15, -0.1) is 12.4 Å². The third-order valence-corrected chi connectivity index (χ3v) is 3.57. The van der Waals surface area contributed by atoms with Gasteiger partial charge in [0.2, 0.25) is 0 Å². The van der Waals surface area contributed by atoms with Gasteiger partial charge in [0.05, 0.1) is 0 Å². The Hall–Kier alpha value is -0.530. The van der Waals surface area contributed by atoms with Gasteiger partial charge in [-0.25, -0.2) is 0 Å². The number of hydrogen-bond donors (Lipinski definition) is 1. The number of benzene rings is 1. The monoisotopic (exact) mass is 239 g/mol. The van der Waals surface area contributed by atoms with Crippen LogP contribution in [0.3, 0.4) is 0 Å². The van der Waals surface area contributed by atoms with E-state index in [2.05, 4.69) is 30.3 Å². The first-order valence-corrected chi connectivity index (χ1v) is 6.16. The third-order valence-electron chi connectivity index (χ3n) is 3.57. The van der Waals surface area contributed by atoms with Crippen molar-refractivity contribution in [3.63, 3.8) is 0 Å². The van der Waals surface area contributed by atoms with E-state index in [1.54, 1.807) is 0 Å². The van der Waals surface area contributed by atoms with Crippen molar-refractivity contribution in [2.24, 2.45) is 11.7 Å². The van der Waals surface area contributed by atoms with Gasteiger partial charge < -0.3 is 5.73 Å². The molecule has 2 N–H and O–H groups in total. The molecule has 1 saturated carbocycles. The molecule has 0 aliphatic heterocycles. The molecule has 1 fully saturated rings. The molecule has 0 aromatic heterocycles. The van der Waals surface area contributed by atoms with Gasteiger partial charge in [0.25, 0.3) is 0 Å². The predicted octanol–water partition coefficient (Wildman–Crippen LogP) is 3.56. The molecule has 1 aliphatic rings. The first-order chi connectivity index (χ1) is 7.36. The Morgan fingerprint density at radius 2 is 1.69 bits per heavy atom. The van der Waals surface area contributed by atoms with E-state index < -0.39 is 0 Å². The van der Waals surface area contributed by atoms with Crippen molar-refractivity contribution in [3.8, 4) is 0 Å². The summed E-state index contributed by atoms with van der Waals surface area (Å²) < 4.78 is 0. The highest BCUT2D eigenvalue weighted by Crippen LogP contribution is 2.26. The van der Waals surface area contributed by atoms with Crippen LogP contribution in [0.25, 0.3) is 0 Å². The highest BCUT2D eigenvalue weighted by molar-refractivity contribution is 5.85. The summed E-state index contributed by atoms with van der Waals surface area (Å²) in [5, 5.41) is 0. The summed E-state index contributed by atoms with van der Waals surface area (Å²) in [6.07, 6.45) is 7.91. The van der Waals surface area contributed by atoms with Gasteiger partial charge in [-0.05, 0) is 30.7 Å². The molecule has 0 bridgehead atoms. The first-order valence-electron chi connectivity index (χ1n) is 6.16. The lowest BCUT2D eigenvalue weighted by Gasteiger charge is -2.27. The minimum absolute atomic E-state index is 0. The lowest BCUT2D eigenvalue weighted by molar-refractivity contribution is 0.303. The summed E-state index contributed by atoms with van der Waals surface area (Å²) in [5.41, 5.74) is 7.67. The van der Waals surface area contributed by atoms with Crippen molar-refractivity contribution in [2.75, 3.05) is 0 Å². The van der Waals surface area contributed by atoms with Gasteiger partial charge >= 0.3 is 0 Å². The maximum absolute atomic E-state index is 6.28. The molecule has 0 heterocycles. The topological polar surface area (TPSA) is 26.0 Å². The zero-order valence-electron chi connectivity index (χ0n) is 9.77. The number of hydrogen-bond acceptors (Lipinski definition) is 1. The Bertz CT molecular complexity index is 280. The van der Waals surface area contributed by atoms with Crippen molar-refractivity contribution in [1.29, 1.82) is 0 Å². The minimum atomic E-state index is 0.